The van der Waals surface area contributed by atoms with E-state index in [1.54, 1.807) is 0 Å². The van der Waals surface area contributed by atoms with Crippen LogP contribution in [0, 0.1) is 6.92 Å². The van der Waals surface area contributed by atoms with Crippen LogP contribution in [0.25, 0.3) is 0 Å². The van der Waals surface area contributed by atoms with Crippen molar-refractivity contribution in [3.05, 3.63) is 22.5 Å². The molecule has 0 fully saturated rings. The summed E-state index contributed by atoms with van der Waals surface area (Å²) >= 11 is 0. The number of hydrogen-bond donors (Lipinski definition) is 1. The Labute approximate surface area is 121 Å². The molecule has 1 N–H and O–H groups in total. The molecule has 0 saturated carbocycles. The zero-order chi connectivity index (χ0) is 17.5. The van der Waals surface area contributed by atoms with Crippen molar-refractivity contribution in [1.82, 2.24) is 4.98 Å². The molecule has 0 unspecified atom stereocenters. The summed E-state index contributed by atoms with van der Waals surface area (Å²) < 4.78 is 88.0. The van der Waals surface area contributed by atoms with Gasteiger partial charge in [0, 0.05) is 0 Å². The van der Waals surface area contributed by atoms with Gasteiger partial charge in [-0.1, -0.05) is 6.92 Å². The highest BCUT2D eigenvalue weighted by atomic mass is 32.2. The van der Waals surface area contributed by atoms with Crippen molar-refractivity contribution >= 4 is 15.8 Å². The summed E-state index contributed by atoms with van der Waals surface area (Å²) in [6.07, 6.45) is -8.93. The SMILES string of the molecule is CCS(=O)(=O)c1c(C(F)F)nc(C(F)(F)F)c(C(=O)O)c1C. The Morgan fingerprint density at radius 3 is 2.14 bits per heavy atom. The molecule has 0 radical (unpaired) electrons. The molecule has 0 aliphatic rings. The molecule has 11 heteroatoms. The Bertz CT molecular complexity index is 712. The van der Waals surface area contributed by atoms with Crippen molar-refractivity contribution in [2.24, 2.45) is 0 Å². The molecule has 0 amide bonds. The molecule has 124 valence electrons. The van der Waals surface area contributed by atoms with Crippen LogP contribution in [0.15, 0.2) is 4.90 Å². The van der Waals surface area contributed by atoms with Gasteiger partial charge in [-0.05, 0) is 12.5 Å². The molecule has 0 aromatic carbocycles. The van der Waals surface area contributed by atoms with Gasteiger partial charge in [0.1, 0.15) is 5.69 Å². The summed E-state index contributed by atoms with van der Waals surface area (Å²) in [5, 5.41) is 8.88. The number of carbonyl (C=O) groups is 1. The molecule has 0 aliphatic carbocycles. The molecule has 0 saturated heterocycles. The number of nitrogens with zero attached hydrogens (tertiary/aromatic N) is 1. The van der Waals surface area contributed by atoms with E-state index in [4.69, 9.17) is 5.11 Å². The van der Waals surface area contributed by atoms with Gasteiger partial charge >= 0.3 is 12.1 Å². The van der Waals surface area contributed by atoms with Crippen molar-refractivity contribution in [3.8, 4) is 0 Å². The van der Waals surface area contributed by atoms with E-state index in [0.717, 1.165) is 13.8 Å². The van der Waals surface area contributed by atoms with Gasteiger partial charge in [0.2, 0.25) is 0 Å². The van der Waals surface area contributed by atoms with Crippen molar-refractivity contribution in [2.45, 2.75) is 31.3 Å². The monoisotopic (exact) mass is 347 g/mol. The summed E-state index contributed by atoms with van der Waals surface area (Å²) in [6, 6.07) is 0. The van der Waals surface area contributed by atoms with Crippen LogP contribution in [0.1, 0.15) is 40.7 Å². The lowest BCUT2D eigenvalue weighted by Crippen LogP contribution is -2.22. The van der Waals surface area contributed by atoms with E-state index in [0.29, 0.717) is 0 Å². The van der Waals surface area contributed by atoms with Gasteiger partial charge in [0.15, 0.2) is 15.5 Å². The highest BCUT2D eigenvalue weighted by Crippen LogP contribution is 2.38. The molecule has 5 nitrogen and oxygen atoms in total. The molecular formula is C11H10F5NO4S. The Kier molecular flexibility index (Phi) is 4.80. The van der Waals surface area contributed by atoms with E-state index < -0.39 is 61.6 Å². The van der Waals surface area contributed by atoms with Crippen molar-refractivity contribution < 1.29 is 40.3 Å². The number of aromatic nitrogens is 1. The van der Waals surface area contributed by atoms with E-state index >= 15 is 0 Å². The first-order valence-electron chi connectivity index (χ1n) is 5.70. The standard InChI is InChI=1S/C11H10F5NO4S/c1-3-22(20,21)7-4(2)5(10(18)19)8(11(14,15)16)17-6(7)9(12)13/h9H,3H2,1-2H3,(H,18,19). The fourth-order valence-electron chi connectivity index (χ4n) is 1.86. The number of alkyl halides is 5. The highest BCUT2D eigenvalue weighted by Gasteiger charge is 2.42. The lowest BCUT2D eigenvalue weighted by atomic mass is 10.1. The molecule has 0 bridgehead atoms. The molecule has 1 rings (SSSR count). The van der Waals surface area contributed by atoms with E-state index in [-0.39, 0.29) is 0 Å². The quantitative estimate of drug-likeness (QED) is 0.847. The lowest BCUT2D eigenvalue weighted by molar-refractivity contribution is -0.142. The molecule has 0 atom stereocenters. The Morgan fingerprint density at radius 1 is 1.32 bits per heavy atom. The third kappa shape index (κ3) is 3.18. The molecule has 1 heterocycles. The molecule has 22 heavy (non-hydrogen) atoms. The normalized spacial score (nSPS) is 12.7. The number of pyridine rings is 1. The number of carboxylic acids is 1. The maximum Gasteiger partial charge on any atom is 0.434 e. The number of rotatable bonds is 4. The zero-order valence-corrected chi connectivity index (χ0v) is 12.0. The van der Waals surface area contributed by atoms with E-state index in [9.17, 15) is 35.2 Å². The van der Waals surface area contributed by atoms with Gasteiger partial charge in [0.05, 0.1) is 16.2 Å². The molecular weight excluding hydrogens is 337 g/mol. The van der Waals surface area contributed by atoms with Crippen LogP contribution in [0.5, 0.6) is 0 Å². The van der Waals surface area contributed by atoms with Gasteiger partial charge in [-0.15, -0.1) is 0 Å². The Morgan fingerprint density at radius 2 is 1.82 bits per heavy atom. The molecule has 1 aromatic heterocycles. The number of halogens is 5. The highest BCUT2D eigenvalue weighted by molar-refractivity contribution is 7.91. The van der Waals surface area contributed by atoms with Gasteiger partial charge in [-0.3, -0.25) is 0 Å². The van der Waals surface area contributed by atoms with Gasteiger partial charge in [0.25, 0.3) is 6.43 Å². The van der Waals surface area contributed by atoms with Crippen LogP contribution in [-0.2, 0) is 16.0 Å². The van der Waals surface area contributed by atoms with Gasteiger partial charge < -0.3 is 5.11 Å². The number of hydrogen-bond acceptors (Lipinski definition) is 4. The fourth-order valence-corrected chi connectivity index (χ4v) is 3.17. The minimum Gasteiger partial charge on any atom is -0.478 e. The van der Waals surface area contributed by atoms with Crippen LogP contribution < -0.4 is 0 Å². The first-order valence-corrected chi connectivity index (χ1v) is 7.35. The van der Waals surface area contributed by atoms with E-state index in [1.807, 2.05) is 0 Å². The van der Waals surface area contributed by atoms with Crippen molar-refractivity contribution in [3.63, 3.8) is 0 Å². The summed E-state index contributed by atoms with van der Waals surface area (Å²) in [6.45, 7) is 1.82. The average Bonchev–Trinajstić information content (AvgIpc) is 2.35. The smallest absolute Gasteiger partial charge is 0.434 e. The minimum absolute atomic E-state index is 0.695. The number of carboxylic acid groups (broad SMARTS) is 1. The molecule has 0 spiro atoms. The maximum absolute atomic E-state index is 12.9. The van der Waals surface area contributed by atoms with Gasteiger partial charge in [-0.2, -0.15) is 13.2 Å². The van der Waals surface area contributed by atoms with Crippen LogP contribution >= 0.6 is 0 Å². The number of aromatic carboxylic acids is 1. The zero-order valence-electron chi connectivity index (χ0n) is 11.2. The van der Waals surface area contributed by atoms with Crippen LogP contribution in [-0.4, -0.2) is 30.2 Å². The lowest BCUT2D eigenvalue weighted by Gasteiger charge is -2.18. The third-order valence-electron chi connectivity index (χ3n) is 2.80. The van der Waals surface area contributed by atoms with Crippen molar-refractivity contribution in [1.29, 1.82) is 0 Å². The second kappa shape index (κ2) is 5.78. The summed E-state index contributed by atoms with van der Waals surface area (Å²) in [7, 11) is -4.40. The Balaban J connectivity index is 4.04. The predicted octanol–water partition coefficient (Wildman–Crippen LogP) is 2.84. The second-order valence-corrected chi connectivity index (χ2v) is 6.40. The topological polar surface area (TPSA) is 84.3 Å². The average molecular weight is 347 g/mol. The minimum atomic E-state index is -5.32. The van der Waals surface area contributed by atoms with Crippen LogP contribution in [0.4, 0.5) is 22.0 Å². The fraction of sp³-hybridized carbons (Fsp3) is 0.455. The third-order valence-corrected chi connectivity index (χ3v) is 4.69. The summed E-state index contributed by atoms with van der Waals surface area (Å²) in [5.41, 5.74) is -6.02. The largest absolute Gasteiger partial charge is 0.478 e. The Hall–Kier alpha value is -1.78. The summed E-state index contributed by atoms with van der Waals surface area (Å²) in [5.74, 6) is -2.80. The van der Waals surface area contributed by atoms with Crippen molar-refractivity contribution in [2.75, 3.05) is 5.75 Å². The maximum atomic E-state index is 12.9. The summed E-state index contributed by atoms with van der Waals surface area (Å²) in [4.78, 5) is 12.4. The first-order chi connectivity index (χ1) is 9.84. The second-order valence-electron chi connectivity index (χ2n) is 4.18. The molecule has 1 aromatic rings. The van der Waals surface area contributed by atoms with E-state index in [1.165, 1.54) is 0 Å². The first kappa shape index (κ1) is 18.3. The molecule has 0 aliphatic heterocycles. The number of sulfone groups is 1. The van der Waals surface area contributed by atoms with Crippen LogP contribution in [0.3, 0.4) is 0 Å². The van der Waals surface area contributed by atoms with Crippen LogP contribution in [0.2, 0.25) is 0 Å². The van der Waals surface area contributed by atoms with Gasteiger partial charge in [-0.25, -0.2) is 27.0 Å². The van der Waals surface area contributed by atoms with E-state index in [2.05, 4.69) is 4.98 Å². The predicted molar refractivity (Wildman–Crippen MR) is 63.6 cm³/mol.